The second-order valence-electron chi connectivity index (χ2n) is 8.92. The van der Waals surface area contributed by atoms with Crippen LogP contribution in [0.3, 0.4) is 0 Å². The highest BCUT2D eigenvalue weighted by atomic mass is 16.4. The molecule has 0 amide bonds. The molecule has 2 saturated carbocycles. The molecular formula is C22H27NO3. The summed E-state index contributed by atoms with van der Waals surface area (Å²) in [5, 5.41) is 9.45. The zero-order chi connectivity index (χ0) is 17.9. The number of ketones is 1. The van der Waals surface area contributed by atoms with Crippen molar-refractivity contribution in [3.8, 4) is 0 Å². The van der Waals surface area contributed by atoms with Crippen LogP contribution in [0.25, 0.3) is 0 Å². The summed E-state index contributed by atoms with van der Waals surface area (Å²) in [6.45, 7) is 2.06. The van der Waals surface area contributed by atoms with E-state index in [4.69, 9.17) is 0 Å². The summed E-state index contributed by atoms with van der Waals surface area (Å²) < 4.78 is 0. The Morgan fingerprint density at radius 2 is 2.00 bits per heavy atom. The number of Topliss-reactive ketones (excluding diaryl/α,β-unsaturated/α-hetero) is 1. The van der Waals surface area contributed by atoms with E-state index in [-0.39, 0.29) is 17.2 Å². The number of hydrogen-bond donors (Lipinski definition) is 1. The van der Waals surface area contributed by atoms with Crippen molar-refractivity contribution in [3.63, 3.8) is 0 Å². The van der Waals surface area contributed by atoms with E-state index in [1.54, 1.807) is 12.1 Å². The maximum absolute atomic E-state index is 13.5. The highest BCUT2D eigenvalue weighted by molar-refractivity contribution is 6.04. The molecule has 5 rings (SSSR count). The first-order valence-electron chi connectivity index (χ1n) is 10.3. The lowest BCUT2D eigenvalue weighted by Crippen LogP contribution is -2.64. The number of carboxylic acid groups (broad SMARTS) is 1. The molecular weight excluding hydrogens is 326 g/mol. The second-order valence-corrected chi connectivity index (χ2v) is 8.92. The van der Waals surface area contributed by atoms with E-state index in [0.29, 0.717) is 11.5 Å². The first-order chi connectivity index (χ1) is 12.6. The number of hydrogen-bond acceptors (Lipinski definition) is 3. The summed E-state index contributed by atoms with van der Waals surface area (Å²) in [6.07, 6.45) is 9.63. The summed E-state index contributed by atoms with van der Waals surface area (Å²) in [6, 6.07) is 5.26. The fraction of sp³-hybridized carbons (Fsp3) is 0.636. The molecule has 4 heteroatoms. The van der Waals surface area contributed by atoms with Crippen molar-refractivity contribution < 1.29 is 14.7 Å². The van der Waals surface area contributed by atoms with Crippen molar-refractivity contribution >= 4 is 11.8 Å². The third-order valence-corrected chi connectivity index (χ3v) is 7.77. The topological polar surface area (TPSA) is 57.6 Å². The Morgan fingerprint density at radius 3 is 2.73 bits per heavy atom. The third-order valence-electron chi connectivity index (χ3n) is 7.77. The number of nitrogens with zero attached hydrogens (tertiary/aromatic N) is 1. The van der Waals surface area contributed by atoms with Gasteiger partial charge in [0.05, 0.1) is 11.6 Å². The number of aromatic carboxylic acids is 1. The van der Waals surface area contributed by atoms with Gasteiger partial charge in [0.15, 0.2) is 5.78 Å². The standard InChI is InChI=1S/C22H27NO3/c24-20-16-8-7-15(21(25)26)12-18(16)22-9-2-1-6-17(22)19(20)23(11-10-22)13-14-4-3-5-14/h7-8,12,14,17,19H,1-6,9-11,13H2,(H,25,26)/t17-,19+,22-/m0/s1. The molecule has 0 aromatic heterocycles. The number of benzene rings is 1. The van der Waals surface area contributed by atoms with Crippen molar-refractivity contribution in [1.82, 2.24) is 4.90 Å². The quantitative estimate of drug-likeness (QED) is 0.896. The molecule has 1 N–H and O–H groups in total. The first kappa shape index (κ1) is 16.5. The molecule has 1 aliphatic heterocycles. The Labute approximate surface area is 154 Å². The van der Waals surface area contributed by atoms with Gasteiger partial charge in [-0.2, -0.15) is 0 Å². The Kier molecular flexibility index (Phi) is 3.75. The van der Waals surface area contributed by atoms with Crippen molar-refractivity contribution in [2.75, 3.05) is 13.1 Å². The molecule has 4 nitrogen and oxygen atoms in total. The summed E-state index contributed by atoms with van der Waals surface area (Å²) in [5.74, 6) is 0.496. The molecule has 26 heavy (non-hydrogen) atoms. The van der Waals surface area contributed by atoms with E-state index >= 15 is 0 Å². The molecule has 4 aliphatic rings. The Balaban J connectivity index is 1.60. The van der Waals surface area contributed by atoms with Gasteiger partial charge >= 0.3 is 5.97 Å². The van der Waals surface area contributed by atoms with Crippen LogP contribution < -0.4 is 0 Å². The van der Waals surface area contributed by atoms with E-state index in [1.807, 2.05) is 6.07 Å². The average Bonchev–Trinajstić information content (AvgIpc) is 2.62. The molecule has 1 aromatic carbocycles. The Bertz CT molecular complexity index is 769. The summed E-state index contributed by atoms with van der Waals surface area (Å²) in [5.41, 5.74) is 2.20. The Hall–Kier alpha value is -1.68. The largest absolute Gasteiger partial charge is 0.478 e. The predicted octanol–water partition coefficient (Wildman–Crippen LogP) is 3.88. The van der Waals surface area contributed by atoms with E-state index in [1.165, 1.54) is 32.1 Å². The maximum Gasteiger partial charge on any atom is 0.335 e. The maximum atomic E-state index is 13.5. The second kappa shape index (κ2) is 5.91. The van der Waals surface area contributed by atoms with Gasteiger partial charge in [-0.15, -0.1) is 0 Å². The number of rotatable bonds is 3. The lowest BCUT2D eigenvalue weighted by Gasteiger charge is -2.58. The lowest BCUT2D eigenvalue weighted by molar-refractivity contribution is -0.0135. The van der Waals surface area contributed by atoms with Gasteiger partial charge in [-0.05, 0) is 68.2 Å². The van der Waals surface area contributed by atoms with Crippen LogP contribution in [0.2, 0.25) is 0 Å². The van der Waals surface area contributed by atoms with E-state index < -0.39 is 5.97 Å². The van der Waals surface area contributed by atoms with Crippen LogP contribution in [-0.4, -0.2) is 40.9 Å². The van der Waals surface area contributed by atoms with Gasteiger partial charge in [0, 0.05) is 17.5 Å². The summed E-state index contributed by atoms with van der Waals surface area (Å²) in [7, 11) is 0. The lowest BCUT2D eigenvalue weighted by atomic mass is 9.52. The molecule has 1 saturated heterocycles. The SMILES string of the molecule is O=C(O)c1ccc2c(c1)[C@]13CCCC[C@H]1[C@H](C2=O)N(CC1CCC1)CC3. The van der Waals surface area contributed by atoms with Gasteiger partial charge in [0.2, 0.25) is 0 Å². The number of likely N-dealkylation sites (tertiary alicyclic amines) is 1. The molecule has 3 atom stereocenters. The molecule has 0 radical (unpaired) electrons. The van der Waals surface area contributed by atoms with E-state index in [2.05, 4.69) is 4.90 Å². The normalized spacial score (nSPS) is 33.9. The van der Waals surface area contributed by atoms with Gasteiger partial charge < -0.3 is 5.11 Å². The zero-order valence-electron chi connectivity index (χ0n) is 15.2. The molecule has 3 fully saturated rings. The number of fused-ring (bicyclic) bond motifs is 1. The van der Waals surface area contributed by atoms with Crippen molar-refractivity contribution in [2.45, 2.75) is 62.8 Å². The highest BCUT2D eigenvalue weighted by Crippen LogP contribution is 2.56. The minimum absolute atomic E-state index is 0.0211. The predicted molar refractivity (Wildman–Crippen MR) is 98.7 cm³/mol. The van der Waals surface area contributed by atoms with Gasteiger partial charge in [-0.25, -0.2) is 4.79 Å². The van der Waals surface area contributed by atoms with Crippen molar-refractivity contribution in [3.05, 3.63) is 34.9 Å². The minimum Gasteiger partial charge on any atom is -0.478 e. The third kappa shape index (κ3) is 2.24. The van der Waals surface area contributed by atoms with E-state index in [9.17, 15) is 14.7 Å². The van der Waals surface area contributed by atoms with Crippen LogP contribution >= 0.6 is 0 Å². The van der Waals surface area contributed by atoms with Gasteiger partial charge in [-0.1, -0.05) is 25.3 Å². The smallest absolute Gasteiger partial charge is 0.335 e. The highest BCUT2D eigenvalue weighted by Gasteiger charge is 2.57. The molecule has 0 unspecified atom stereocenters. The minimum atomic E-state index is -0.895. The molecule has 1 aromatic rings. The van der Waals surface area contributed by atoms with Gasteiger partial charge in [-0.3, -0.25) is 9.69 Å². The van der Waals surface area contributed by atoms with Gasteiger partial charge in [0.25, 0.3) is 0 Å². The van der Waals surface area contributed by atoms with Crippen LogP contribution in [-0.2, 0) is 5.41 Å². The number of piperidine rings is 1. The van der Waals surface area contributed by atoms with Crippen LogP contribution in [0, 0.1) is 11.8 Å². The fourth-order valence-corrected chi connectivity index (χ4v) is 6.27. The van der Waals surface area contributed by atoms with E-state index in [0.717, 1.165) is 49.4 Å². The van der Waals surface area contributed by atoms with Crippen LogP contribution in [0.15, 0.2) is 18.2 Å². The van der Waals surface area contributed by atoms with Crippen LogP contribution in [0.4, 0.5) is 0 Å². The Morgan fingerprint density at radius 1 is 1.15 bits per heavy atom. The molecule has 2 bridgehead atoms. The number of carbonyl (C=O) groups is 2. The fourth-order valence-electron chi connectivity index (χ4n) is 6.27. The first-order valence-corrected chi connectivity index (χ1v) is 10.3. The molecule has 3 aliphatic carbocycles. The monoisotopic (exact) mass is 353 g/mol. The molecule has 138 valence electrons. The van der Waals surface area contributed by atoms with Crippen molar-refractivity contribution in [2.24, 2.45) is 11.8 Å². The van der Waals surface area contributed by atoms with Gasteiger partial charge in [0.1, 0.15) is 0 Å². The summed E-state index contributed by atoms with van der Waals surface area (Å²) in [4.78, 5) is 27.5. The summed E-state index contributed by atoms with van der Waals surface area (Å²) >= 11 is 0. The van der Waals surface area contributed by atoms with Crippen molar-refractivity contribution in [1.29, 1.82) is 0 Å². The molecule has 1 heterocycles. The number of carboxylic acids is 1. The van der Waals surface area contributed by atoms with Crippen LogP contribution in [0.1, 0.15) is 77.6 Å². The zero-order valence-corrected chi connectivity index (χ0v) is 15.2. The van der Waals surface area contributed by atoms with Crippen LogP contribution in [0.5, 0.6) is 0 Å². The molecule has 0 spiro atoms. The number of carbonyl (C=O) groups excluding carboxylic acids is 1. The average molecular weight is 353 g/mol.